The summed E-state index contributed by atoms with van der Waals surface area (Å²) in [5, 5.41) is 1.86. The second kappa shape index (κ2) is 7.17. The zero-order valence-corrected chi connectivity index (χ0v) is 15.4. The summed E-state index contributed by atoms with van der Waals surface area (Å²) >= 11 is 1.33. The van der Waals surface area contributed by atoms with E-state index in [0.29, 0.717) is 16.2 Å². The predicted molar refractivity (Wildman–Crippen MR) is 105 cm³/mol. The van der Waals surface area contributed by atoms with E-state index in [1.54, 1.807) is 6.07 Å². The zero-order chi connectivity index (χ0) is 18.8. The normalized spacial score (nSPS) is 10.9. The Labute approximate surface area is 159 Å². The number of rotatable bonds is 4. The van der Waals surface area contributed by atoms with Gasteiger partial charge in [-0.25, -0.2) is 9.78 Å². The fourth-order valence-electron chi connectivity index (χ4n) is 2.96. The summed E-state index contributed by atoms with van der Waals surface area (Å²) in [6.45, 7) is 1.79. The van der Waals surface area contributed by atoms with Crippen molar-refractivity contribution >= 4 is 23.0 Å². The summed E-state index contributed by atoms with van der Waals surface area (Å²) in [6, 6.07) is 18.4. The Morgan fingerprint density at radius 1 is 1.11 bits per heavy atom. The van der Waals surface area contributed by atoms with Crippen molar-refractivity contribution in [3.8, 4) is 11.1 Å². The van der Waals surface area contributed by atoms with Crippen LogP contribution in [0.15, 0.2) is 70.8 Å². The largest absolute Gasteiger partial charge is 0.455 e. The lowest BCUT2D eigenvalue weighted by Gasteiger charge is -2.08. The minimum Gasteiger partial charge on any atom is -0.455 e. The Bertz CT molecular complexity index is 1180. The Morgan fingerprint density at radius 2 is 1.93 bits per heavy atom. The molecule has 0 N–H and O–H groups in total. The summed E-state index contributed by atoms with van der Waals surface area (Å²) in [4.78, 5) is 29.8. The third-order valence-corrected chi connectivity index (χ3v) is 5.11. The maximum Gasteiger partial charge on any atom is 0.349 e. The second-order valence-corrected chi connectivity index (χ2v) is 6.97. The van der Waals surface area contributed by atoms with Gasteiger partial charge in [-0.15, -0.1) is 11.3 Å². The molecule has 0 amide bonds. The van der Waals surface area contributed by atoms with Crippen LogP contribution in [0, 0.1) is 6.92 Å². The van der Waals surface area contributed by atoms with Crippen molar-refractivity contribution in [1.29, 1.82) is 0 Å². The lowest BCUT2D eigenvalue weighted by Crippen LogP contribution is -2.18. The molecule has 0 spiro atoms. The highest BCUT2D eigenvalue weighted by Crippen LogP contribution is 2.28. The van der Waals surface area contributed by atoms with Crippen LogP contribution >= 0.6 is 11.3 Å². The van der Waals surface area contributed by atoms with E-state index in [4.69, 9.17) is 4.74 Å². The molecule has 0 saturated carbocycles. The van der Waals surface area contributed by atoms with Gasteiger partial charge in [0, 0.05) is 17.3 Å². The molecule has 3 heterocycles. The van der Waals surface area contributed by atoms with E-state index in [1.165, 1.54) is 21.8 Å². The van der Waals surface area contributed by atoms with Crippen LogP contribution in [0.25, 0.3) is 16.8 Å². The molecule has 3 aromatic heterocycles. The molecule has 0 radical (unpaired) electrons. The predicted octanol–water partition coefficient (Wildman–Crippen LogP) is 4.09. The molecular weight excluding hydrogens is 360 g/mol. The summed E-state index contributed by atoms with van der Waals surface area (Å²) in [7, 11) is 0. The molecule has 0 fully saturated rings. The summed E-state index contributed by atoms with van der Waals surface area (Å²) in [5.41, 5.74) is 3.38. The lowest BCUT2D eigenvalue weighted by atomic mass is 10.1. The van der Waals surface area contributed by atoms with Crippen molar-refractivity contribution < 1.29 is 9.53 Å². The number of fused-ring (bicyclic) bond motifs is 1. The molecule has 0 aliphatic rings. The van der Waals surface area contributed by atoms with Crippen LogP contribution in [0.1, 0.15) is 21.1 Å². The van der Waals surface area contributed by atoms with E-state index in [9.17, 15) is 9.59 Å². The summed E-state index contributed by atoms with van der Waals surface area (Å²) < 4.78 is 6.96. The maximum absolute atomic E-state index is 12.6. The fourth-order valence-corrected chi connectivity index (χ4v) is 3.76. The standard InChI is InChI=1S/C21H16N2O3S/c1-14-6-5-9-18-22-16(12-19(24)23(14)18)13-26-21(25)20-17(10-11-27-20)15-7-3-2-4-8-15/h2-12H,13H2,1H3. The third-order valence-electron chi connectivity index (χ3n) is 4.22. The van der Waals surface area contributed by atoms with Crippen LogP contribution in [-0.2, 0) is 11.3 Å². The average Bonchev–Trinajstić information content (AvgIpc) is 3.16. The highest BCUT2D eigenvalue weighted by Gasteiger charge is 2.16. The molecule has 27 heavy (non-hydrogen) atoms. The number of esters is 1. The number of hydrogen-bond donors (Lipinski definition) is 0. The van der Waals surface area contributed by atoms with Crippen LogP contribution in [-0.4, -0.2) is 15.4 Å². The van der Waals surface area contributed by atoms with Crippen molar-refractivity contribution in [3.63, 3.8) is 0 Å². The third kappa shape index (κ3) is 3.39. The first-order valence-corrected chi connectivity index (χ1v) is 9.30. The van der Waals surface area contributed by atoms with Crippen LogP contribution < -0.4 is 5.56 Å². The van der Waals surface area contributed by atoms with Gasteiger partial charge in [-0.3, -0.25) is 9.20 Å². The smallest absolute Gasteiger partial charge is 0.349 e. The summed E-state index contributed by atoms with van der Waals surface area (Å²) in [5.74, 6) is -0.421. The minimum atomic E-state index is -0.421. The number of ether oxygens (including phenoxy) is 1. The van der Waals surface area contributed by atoms with Gasteiger partial charge in [0.2, 0.25) is 0 Å². The van der Waals surface area contributed by atoms with Crippen molar-refractivity contribution in [2.45, 2.75) is 13.5 Å². The van der Waals surface area contributed by atoms with E-state index in [1.807, 2.05) is 60.8 Å². The molecule has 0 aliphatic carbocycles. The van der Waals surface area contributed by atoms with Gasteiger partial charge in [0.05, 0.1) is 5.69 Å². The number of aromatic nitrogens is 2. The quantitative estimate of drug-likeness (QED) is 0.504. The second-order valence-electron chi connectivity index (χ2n) is 6.05. The number of hydrogen-bond acceptors (Lipinski definition) is 5. The Morgan fingerprint density at radius 3 is 2.74 bits per heavy atom. The van der Waals surface area contributed by atoms with Gasteiger partial charge in [0.15, 0.2) is 0 Å². The molecule has 1 aromatic carbocycles. The van der Waals surface area contributed by atoms with E-state index >= 15 is 0 Å². The lowest BCUT2D eigenvalue weighted by molar-refractivity contribution is 0.0474. The Hall–Kier alpha value is -3.25. The number of pyridine rings is 1. The molecule has 0 atom stereocenters. The number of carbonyl (C=O) groups excluding carboxylic acids is 1. The van der Waals surface area contributed by atoms with Crippen LogP contribution in [0.3, 0.4) is 0 Å². The van der Waals surface area contributed by atoms with Gasteiger partial charge >= 0.3 is 5.97 Å². The van der Waals surface area contributed by atoms with E-state index in [0.717, 1.165) is 16.8 Å². The first-order chi connectivity index (χ1) is 13.1. The zero-order valence-electron chi connectivity index (χ0n) is 14.6. The first kappa shape index (κ1) is 17.2. The van der Waals surface area contributed by atoms with E-state index in [-0.39, 0.29) is 12.2 Å². The maximum atomic E-state index is 12.6. The molecule has 0 aliphatic heterocycles. The monoisotopic (exact) mass is 376 g/mol. The van der Waals surface area contributed by atoms with Gasteiger partial charge in [-0.2, -0.15) is 0 Å². The molecule has 4 aromatic rings. The summed E-state index contributed by atoms with van der Waals surface area (Å²) in [6.07, 6.45) is 0. The van der Waals surface area contributed by atoms with Crippen LogP contribution in [0.2, 0.25) is 0 Å². The van der Waals surface area contributed by atoms with Gasteiger partial charge in [0.1, 0.15) is 17.1 Å². The highest BCUT2D eigenvalue weighted by molar-refractivity contribution is 7.12. The Balaban J connectivity index is 1.57. The van der Waals surface area contributed by atoms with Gasteiger partial charge in [0.25, 0.3) is 5.56 Å². The number of carbonyl (C=O) groups is 1. The molecule has 4 rings (SSSR count). The average molecular weight is 376 g/mol. The van der Waals surface area contributed by atoms with Crippen LogP contribution in [0.5, 0.6) is 0 Å². The van der Waals surface area contributed by atoms with Crippen LogP contribution in [0.4, 0.5) is 0 Å². The highest BCUT2D eigenvalue weighted by atomic mass is 32.1. The van der Waals surface area contributed by atoms with Crippen molar-refractivity contribution in [2.75, 3.05) is 0 Å². The number of aryl methyl sites for hydroxylation is 1. The molecule has 5 nitrogen and oxygen atoms in total. The first-order valence-electron chi connectivity index (χ1n) is 8.42. The van der Waals surface area contributed by atoms with E-state index in [2.05, 4.69) is 4.98 Å². The fraction of sp³-hybridized carbons (Fsp3) is 0.0952. The molecule has 134 valence electrons. The number of nitrogens with zero attached hydrogens (tertiary/aromatic N) is 2. The van der Waals surface area contributed by atoms with Crippen molar-refractivity contribution in [2.24, 2.45) is 0 Å². The Kier molecular flexibility index (Phi) is 4.56. The number of thiophene rings is 1. The number of benzene rings is 1. The van der Waals surface area contributed by atoms with Gasteiger partial charge in [-0.1, -0.05) is 36.4 Å². The SMILES string of the molecule is Cc1cccc2nc(COC(=O)c3sccc3-c3ccccc3)cc(=O)n12. The molecule has 6 heteroatoms. The minimum absolute atomic E-state index is 0.0509. The molecule has 0 unspecified atom stereocenters. The molecule has 0 bridgehead atoms. The van der Waals surface area contributed by atoms with Gasteiger partial charge in [-0.05, 0) is 36.1 Å². The molecular formula is C21H16N2O3S. The molecule has 0 saturated heterocycles. The van der Waals surface area contributed by atoms with Crippen molar-refractivity contribution in [3.05, 3.63) is 92.7 Å². The topological polar surface area (TPSA) is 60.7 Å². The van der Waals surface area contributed by atoms with E-state index < -0.39 is 5.97 Å². The van der Waals surface area contributed by atoms with Gasteiger partial charge < -0.3 is 4.74 Å². The van der Waals surface area contributed by atoms with Crippen molar-refractivity contribution in [1.82, 2.24) is 9.38 Å².